The van der Waals surface area contributed by atoms with Gasteiger partial charge >= 0.3 is 0 Å². The molecule has 0 saturated carbocycles. The van der Waals surface area contributed by atoms with Crippen LogP contribution in [0.4, 0.5) is 0 Å². The third-order valence-electron chi connectivity index (χ3n) is 1.67. The largest absolute Gasteiger partial charge is 0.390 e. The molecule has 0 fully saturated rings. The van der Waals surface area contributed by atoms with Crippen LogP contribution in [0.15, 0.2) is 28.3 Å². The van der Waals surface area contributed by atoms with Gasteiger partial charge in [0.05, 0.1) is 12.3 Å². The van der Waals surface area contributed by atoms with Crippen molar-refractivity contribution in [1.82, 2.24) is 9.97 Å². The van der Waals surface area contributed by atoms with Crippen molar-refractivity contribution in [2.75, 3.05) is 0 Å². The molecular weight excluding hydrogens is 264 g/mol. The van der Waals surface area contributed by atoms with Crippen LogP contribution >= 0.6 is 27.3 Å². The first kappa shape index (κ1) is 9.76. The van der Waals surface area contributed by atoms with Gasteiger partial charge in [0, 0.05) is 27.8 Å². The third-order valence-corrected chi connectivity index (χ3v) is 3.04. The maximum absolute atomic E-state index is 8.87. The number of aliphatic hydroxyl groups excluding tert-OH is 1. The first-order valence-corrected chi connectivity index (χ1v) is 5.63. The molecule has 0 aliphatic carbocycles. The van der Waals surface area contributed by atoms with Crippen LogP contribution in [0.25, 0.3) is 10.6 Å². The molecule has 5 heteroatoms. The van der Waals surface area contributed by atoms with E-state index in [1.165, 1.54) is 11.3 Å². The molecule has 2 aromatic heterocycles. The van der Waals surface area contributed by atoms with Gasteiger partial charge in [-0.1, -0.05) is 0 Å². The highest BCUT2D eigenvalue weighted by molar-refractivity contribution is 9.10. The van der Waals surface area contributed by atoms with Gasteiger partial charge in [-0.3, -0.25) is 4.98 Å². The van der Waals surface area contributed by atoms with E-state index in [2.05, 4.69) is 25.9 Å². The number of hydrogen-bond acceptors (Lipinski definition) is 4. The zero-order valence-electron chi connectivity index (χ0n) is 7.14. The Hall–Kier alpha value is -0.780. The van der Waals surface area contributed by atoms with Gasteiger partial charge in [-0.05, 0) is 22.0 Å². The fourth-order valence-electron chi connectivity index (χ4n) is 1.04. The van der Waals surface area contributed by atoms with Crippen molar-refractivity contribution in [3.63, 3.8) is 0 Å². The van der Waals surface area contributed by atoms with Gasteiger partial charge in [0.2, 0.25) is 0 Å². The summed E-state index contributed by atoms with van der Waals surface area (Å²) in [5, 5.41) is 11.6. The van der Waals surface area contributed by atoms with Crippen LogP contribution in [0.3, 0.4) is 0 Å². The lowest BCUT2D eigenvalue weighted by Gasteiger charge is -1.95. The van der Waals surface area contributed by atoms with Crippen molar-refractivity contribution in [2.24, 2.45) is 0 Å². The molecule has 72 valence electrons. The quantitative estimate of drug-likeness (QED) is 0.912. The molecule has 1 N–H and O–H groups in total. The molecule has 2 aromatic rings. The molecule has 0 atom stereocenters. The van der Waals surface area contributed by atoms with Gasteiger partial charge in [0.1, 0.15) is 5.01 Å². The number of rotatable bonds is 2. The van der Waals surface area contributed by atoms with Crippen LogP contribution in [-0.4, -0.2) is 15.1 Å². The Balaban J connectivity index is 2.39. The summed E-state index contributed by atoms with van der Waals surface area (Å²) in [6, 6.07) is 1.95. The van der Waals surface area contributed by atoms with E-state index >= 15 is 0 Å². The monoisotopic (exact) mass is 270 g/mol. The normalized spacial score (nSPS) is 10.4. The standard InChI is InChI=1S/C9H7BrN2OS/c10-7-1-6(2-11-3-7)9-12-8(4-13)5-14-9/h1-3,5,13H,4H2. The summed E-state index contributed by atoms with van der Waals surface area (Å²) in [4.78, 5) is 8.30. The highest BCUT2D eigenvalue weighted by atomic mass is 79.9. The minimum Gasteiger partial charge on any atom is -0.390 e. The molecule has 0 aliphatic rings. The Labute approximate surface area is 93.6 Å². The number of pyridine rings is 1. The maximum Gasteiger partial charge on any atom is 0.125 e. The SMILES string of the molecule is OCc1csc(-c2cncc(Br)c2)n1. The van der Waals surface area contributed by atoms with E-state index in [4.69, 9.17) is 5.11 Å². The van der Waals surface area contributed by atoms with Crippen molar-refractivity contribution in [3.8, 4) is 10.6 Å². The lowest BCUT2D eigenvalue weighted by Crippen LogP contribution is -1.83. The van der Waals surface area contributed by atoms with Crippen molar-refractivity contribution < 1.29 is 5.11 Å². The van der Waals surface area contributed by atoms with Gasteiger partial charge in [-0.15, -0.1) is 11.3 Å². The minimum atomic E-state index is -0.0159. The summed E-state index contributed by atoms with van der Waals surface area (Å²) in [5.74, 6) is 0. The van der Waals surface area contributed by atoms with Gasteiger partial charge in [-0.2, -0.15) is 0 Å². The first-order valence-electron chi connectivity index (χ1n) is 3.96. The average Bonchev–Trinajstić information content (AvgIpc) is 2.66. The molecule has 0 aromatic carbocycles. The molecule has 2 rings (SSSR count). The molecule has 0 spiro atoms. The molecule has 14 heavy (non-hydrogen) atoms. The predicted molar refractivity (Wildman–Crippen MR) is 59.0 cm³/mol. The summed E-state index contributed by atoms with van der Waals surface area (Å²) in [6.07, 6.45) is 3.48. The number of aliphatic hydroxyl groups is 1. The van der Waals surface area contributed by atoms with Crippen LogP contribution < -0.4 is 0 Å². The number of hydrogen-bond donors (Lipinski definition) is 1. The van der Waals surface area contributed by atoms with Crippen molar-refractivity contribution in [1.29, 1.82) is 0 Å². The molecule has 0 bridgehead atoms. The smallest absolute Gasteiger partial charge is 0.125 e. The van der Waals surface area contributed by atoms with E-state index in [9.17, 15) is 0 Å². The molecule has 0 radical (unpaired) electrons. The fourth-order valence-corrected chi connectivity index (χ4v) is 2.20. The number of nitrogens with zero attached hydrogens (tertiary/aromatic N) is 2. The summed E-state index contributed by atoms with van der Waals surface area (Å²) in [7, 11) is 0. The van der Waals surface area contributed by atoms with Crippen LogP contribution in [0.1, 0.15) is 5.69 Å². The van der Waals surface area contributed by atoms with Crippen LogP contribution in [0.2, 0.25) is 0 Å². The van der Waals surface area contributed by atoms with Crippen molar-refractivity contribution in [2.45, 2.75) is 6.61 Å². The van der Waals surface area contributed by atoms with Gasteiger partial charge in [0.15, 0.2) is 0 Å². The van der Waals surface area contributed by atoms with Gasteiger partial charge < -0.3 is 5.11 Å². The first-order chi connectivity index (χ1) is 6.79. The fraction of sp³-hybridized carbons (Fsp3) is 0.111. The van der Waals surface area contributed by atoms with E-state index in [0.717, 1.165) is 15.0 Å². The number of aromatic nitrogens is 2. The maximum atomic E-state index is 8.87. The van der Waals surface area contributed by atoms with Gasteiger partial charge in [-0.25, -0.2) is 4.98 Å². The van der Waals surface area contributed by atoms with E-state index in [1.54, 1.807) is 12.4 Å². The average molecular weight is 271 g/mol. The summed E-state index contributed by atoms with van der Waals surface area (Å²) in [5.41, 5.74) is 1.66. The Bertz CT molecular complexity index is 444. The second kappa shape index (κ2) is 4.16. The highest BCUT2D eigenvalue weighted by Crippen LogP contribution is 2.25. The predicted octanol–water partition coefficient (Wildman–Crippen LogP) is 2.46. The second-order valence-corrected chi connectivity index (χ2v) is 4.47. The molecule has 3 nitrogen and oxygen atoms in total. The summed E-state index contributed by atoms with van der Waals surface area (Å²) < 4.78 is 0.927. The van der Waals surface area contributed by atoms with Crippen LogP contribution in [0.5, 0.6) is 0 Å². The number of thiazole rings is 1. The topological polar surface area (TPSA) is 46.0 Å². The molecule has 0 amide bonds. The van der Waals surface area contributed by atoms with E-state index in [0.29, 0.717) is 5.69 Å². The molecular formula is C9H7BrN2OS. The Kier molecular flexibility index (Phi) is 2.90. The molecule has 0 saturated heterocycles. The Morgan fingerprint density at radius 3 is 2.93 bits per heavy atom. The van der Waals surface area contributed by atoms with Crippen molar-refractivity contribution in [3.05, 3.63) is 34.0 Å². The van der Waals surface area contributed by atoms with Crippen molar-refractivity contribution >= 4 is 27.3 Å². The van der Waals surface area contributed by atoms with Crippen LogP contribution in [0, 0.1) is 0 Å². The lowest BCUT2D eigenvalue weighted by atomic mass is 10.3. The number of halogens is 1. The Morgan fingerprint density at radius 2 is 2.29 bits per heavy atom. The zero-order valence-corrected chi connectivity index (χ0v) is 9.55. The molecule has 0 aliphatic heterocycles. The molecule has 0 unspecified atom stereocenters. The van der Waals surface area contributed by atoms with E-state index in [-0.39, 0.29) is 6.61 Å². The van der Waals surface area contributed by atoms with Crippen LogP contribution in [-0.2, 0) is 6.61 Å². The Morgan fingerprint density at radius 1 is 1.43 bits per heavy atom. The van der Waals surface area contributed by atoms with E-state index < -0.39 is 0 Å². The molecule has 2 heterocycles. The minimum absolute atomic E-state index is 0.0159. The van der Waals surface area contributed by atoms with Gasteiger partial charge in [0.25, 0.3) is 0 Å². The van der Waals surface area contributed by atoms with E-state index in [1.807, 2.05) is 11.4 Å². The zero-order chi connectivity index (χ0) is 9.97. The third kappa shape index (κ3) is 2.00. The second-order valence-electron chi connectivity index (χ2n) is 2.69. The highest BCUT2D eigenvalue weighted by Gasteiger charge is 2.04. The lowest BCUT2D eigenvalue weighted by molar-refractivity contribution is 0.278. The summed E-state index contributed by atoms with van der Waals surface area (Å²) in [6.45, 7) is -0.0159. The summed E-state index contributed by atoms with van der Waals surface area (Å²) >= 11 is 4.85.